The molecule has 1 nitrogen and oxygen atoms in total. The Morgan fingerprint density at radius 2 is 1.50 bits per heavy atom. The molecule has 1 heterocycles. The summed E-state index contributed by atoms with van der Waals surface area (Å²) in [6.45, 7) is 5.80. The highest BCUT2D eigenvalue weighted by Gasteiger charge is 2.27. The van der Waals surface area contributed by atoms with Crippen LogP contribution in [-0.2, 0) is 11.2 Å². The van der Waals surface area contributed by atoms with Crippen LogP contribution >= 0.6 is 0 Å². The Bertz CT molecular complexity index is 1210. The highest BCUT2D eigenvalue weighted by atomic mass is 19.2. The van der Waals surface area contributed by atoms with Crippen LogP contribution in [0.2, 0.25) is 0 Å². The molecule has 0 N–H and O–H groups in total. The van der Waals surface area contributed by atoms with Crippen LogP contribution in [-0.4, -0.2) is 12.7 Å². The van der Waals surface area contributed by atoms with Crippen molar-refractivity contribution in [3.8, 4) is 22.3 Å². The lowest BCUT2D eigenvalue weighted by Gasteiger charge is -2.28. The Kier molecular flexibility index (Phi) is 7.17. The van der Waals surface area contributed by atoms with E-state index >= 15 is 0 Å². The van der Waals surface area contributed by atoms with Gasteiger partial charge in [0.25, 0.3) is 0 Å². The molecule has 4 rings (SSSR count). The molecule has 3 aromatic carbocycles. The maximum atomic E-state index is 15.0. The van der Waals surface area contributed by atoms with Crippen molar-refractivity contribution in [1.82, 2.24) is 0 Å². The van der Waals surface area contributed by atoms with E-state index in [9.17, 15) is 22.0 Å². The van der Waals surface area contributed by atoms with E-state index in [1.54, 1.807) is 12.1 Å². The minimum Gasteiger partial charge on any atom is -0.374 e. The molecular weight excluding hydrogens is 447 g/mol. The summed E-state index contributed by atoms with van der Waals surface area (Å²) < 4.78 is 79.7. The molecule has 178 valence electrons. The standard InChI is InChI=1S/C28H25F5O/c1-3-5-16-6-7-17(14-24(16)29)20-10-12-22(27(32)25(20)30)23-13-11-21(26(31)28(23)33)18-8-9-19(4-2)34-15-18/h4,6-7,10-14,18-19H,2-3,5,8-9,15H2,1H3. The van der Waals surface area contributed by atoms with Gasteiger partial charge in [0.1, 0.15) is 5.82 Å². The number of rotatable bonds is 6. The highest BCUT2D eigenvalue weighted by molar-refractivity contribution is 5.72. The van der Waals surface area contributed by atoms with Gasteiger partial charge in [0, 0.05) is 22.6 Å². The second-order valence-corrected chi connectivity index (χ2v) is 8.56. The molecule has 3 aromatic rings. The van der Waals surface area contributed by atoms with E-state index < -0.39 is 34.6 Å². The molecule has 1 aliphatic rings. The van der Waals surface area contributed by atoms with Crippen LogP contribution in [0.1, 0.15) is 43.2 Å². The molecule has 1 fully saturated rings. The molecule has 2 unspecified atom stereocenters. The molecule has 0 spiro atoms. The van der Waals surface area contributed by atoms with Gasteiger partial charge in [-0.1, -0.05) is 55.8 Å². The molecule has 1 saturated heterocycles. The quantitative estimate of drug-likeness (QED) is 0.260. The van der Waals surface area contributed by atoms with Crippen molar-refractivity contribution in [3.05, 3.63) is 95.3 Å². The first-order valence-electron chi connectivity index (χ1n) is 11.3. The molecule has 0 saturated carbocycles. The summed E-state index contributed by atoms with van der Waals surface area (Å²) in [5, 5.41) is 0. The number of ether oxygens (including phenoxy) is 1. The Morgan fingerprint density at radius 3 is 2.12 bits per heavy atom. The highest BCUT2D eigenvalue weighted by Crippen LogP contribution is 2.37. The van der Waals surface area contributed by atoms with Crippen LogP contribution in [0.15, 0.2) is 55.1 Å². The van der Waals surface area contributed by atoms with E-state index in [4.69, 9.17) is 4.74 Å². The number of aryl methyl sites for hydroxylation is 1. The number of halogens is 5. The molecule has 34 heavy (non-hydrogen) atoms. The van der Waals surface area contributed by atoms with Gasteiger partial charge in [-0.05, 0) is 42.0 Å². The summed E-state index contributed by atoms with van der Waals surface area (Å²) in [5.41, 5.74) is -0.142. The number of benzene rings is 3. The van der Waals surface area contributed by atoms with Crippen molar-refractivity contribution in [2.45, 2.75) is 44.6 Å². The topological polar surface area (TPSA) is 9.23 Å². The predicted octanol–water partition coefficient (Wildman–Crippen LogP) is 8.12. The summed E-state index contributed by atoms with van der Waals surface area (Å²) in [4.78, 5) is 0. The van der Waals surface area contributed by atoms with Crippen molar-refractivity contribution >= 4 is 0 Å². The maximum absolute atomic E-state index is 15.0. The normalized spacial score (nSPS) is 18.2. The number of hydrogen-bond acceptors (Lipinski definition) is 1. The SMILES string of the molecule is C=CC1CCC(c2ccc(-c3ccc(-c4ccc(CCC)c(F)c4)c(F)c3F)c(F)c2F)CO1. The lowest BCUT2D eigenvalue weighted by molar-refractivity contribution is 0.0320. The van der Waals surface area contributed by atoms with Crippen molar-refractivity contribution < 1.29 is 26.7 Å². The van der Waals surface area contributed by atoms with Gasteiger partial charge in [0.05, 0.1) is 12.7 Å². The van der Waals surface area contributed by atoms with Gasteiger partial charge in [0.15, 0.2) is 23.3 Å². The van der Waals surface area contributed by atoms with Crippen LogP contribution in [0, 0.1) is 29.1 Å². The Hall–Kier alpha value is -2.99. The van der Waals surface area contributed by atoms with Crippen molar-refractivity contribution in [1.29, 1.82) is 0 Å². The number of hydrogen-bond donors (Lipinski definition) is 0. The largest absolute Gasteiger partial charge is 0.374 e. The van der Waals surface area contributed by atoms with Crippen LogP contribution in [0.4, 0.5) is 22.0 Å². The van der Waals surface area contributed by atoms with Gasteiger partial charge in [-0.15, -0.1) is 6.58 Å². The van der Waals surface area contributed by atoms with E-state index in [1.807, 2.05) is 6.92 Å². The maximum Gasteiger partial charge on any atom is 0.167 e. The molecule has 1 aliphatic heterocycles. The zero-order chi connectivity index (χ0) is 24.4. The van der Waals surface area contributed by atoms with Crippen LogP contribution in [0.25, 0.3) is 22.3 Å². The molecule has 0 aromatic heterocycles. The Labute approximate surface area is 195 Å². The van der Waals surface area contributed by atoms with E-state index in [1.165, 1.54) is 30.3 Å². The lowest BCUT2D eigenvalue weighted by atomic mass is 9.89. The first-order chi connectivity index (χ1) is 16.3. The summed E-state index contributed by atoms with van der Waals surface area (Å²) in [5.74, 6) is -5.76. The van der Waals surface area contributed by atoms with E-state index in [2.05, 4.69) is 6.58 Å². The molecule has 6 heteroatoms. The average Bonchev–Trinajstić information content (AvgIpc) is 2.84. The Balaban J connectivity index is 1.66. The molecule has 2 atom stereocenters. The summed E-state index contributed by atoms with van der Waals surface area (Å²) >= 11 is 0. The summed E-state index contributed by atoms with van der Waals surface area (Å²) in [6.07, 6.45) is 4.07. The van der Waals surface area contributed by atoms with Crippen molar-refractivity contribution in [3.63, 3.8) is 0 Å². The third-order valence-electron chi connectivity index (χ3n) is 6.38. The second kappa shape index (κ2) is 10.1. The third kappa shape index (κ3) is 4.51. The molecule has 0 bridgehead atoms. The molecular formula is C28H25F5O. The molecule has 0 amide bonds. The van der Waals surface area contributed by atoms with Gasteiger partial charge in [0.2, 0.25) is 0 Å². The van der Waals surface area contributed by atoms with E-state index in [0.717, 1.165) is 12.5 Å². The van der Waals surface area contributed by atoms with Crippen molar-refractivity contribution in [2.24, 2.45) is 0 Å². The van der Waals surface area contributed by atoms with Gasteiger partial charge in [-0.3, -0.25) is 0 Å². The third-order valence-corrected chi connectivity index (χ3v) is 6.38. The van der Waals surface area contributed by atoms with Gasteiger partial charge >= 0.3 is 0 Å². The van der Waals surface area contributed by atoms with Crippen LogP contribution in [0.3, 0.4) is 0 Å². The van der Waals surface area contributed by atoms with Gasteiger partial charge in [-0.2, -0.15) is 0 Å². The fourth-order valence-electron chi connectivity index (χ4n) is 4.46. The fraction of sp³-hybridized carbons (Fsp3) is 0.286. The smallest absolute Gasteiger partial charge is 0.167 e. The summed E-state index contributed by atoms with van der Waals surface area (Å²) in [6, 6.07) is 9.29. The fourth-order valence-corrected chi connectivity index (χ4v) is 4.46. The van der Waals surface area contributed by atoms with Gasteiger partial charge < -0.3 is 4.74 Å². The zero-order valence-electron chi connectivity index (χ0n) is 18.8. The molecule has 0 radical (unpaired) electrons. The van der Waals surface area contributed by atoms with E-state index in [0.29, 0.717) is 24.8 Å². The minimum absolute atomic E-state index is 0.115. The Morgan fingerprint density at radius 1 is 0.853 bits per heavy atom. The first-order valence-corrected chi connectivity index (χ1v) is 11.3. The van der Waals surface area contributed by atoms with Gasteiger partial charge in [-0.25, -0.2) is 22.0 Å². The predicted molar refractivity (Wildman–Crippen MR) is 123 cm³/mol. The lowest BCUT2D eigenvalue weighted by Crippen LogP contribution is -2.23. The van der Waals surface area contributed by atoms with E-state index in [-0.39, 0.29) is 40.9 Å². The molecule has 0 aliphatic carbocycles. The zero-order valence-corrected chi connectivity index (χ0v) is 18.8. The second-order valence-electron chi connectivity index (χ2n) is 8.56. The van der Waals surface area contributed by atoms with Crippen molar-refractivity contribution in [2.75, 3.05) is 6.61 Å². The van der Waals surface area contributed by atoms with Crippen LogP contribution in [0.5, 0.6) is 0 Å². The van der Waals surface area contributed by atoms with Crippen LogP contribution < -0.4 is 0 Å². The first kappa shape index (κ1) is 24.1. The average molecular weight is 472 g/mol. The summed E-state index contributed by atoms with van der Waals surface area (Å²) in [7, 11) is 0. The minimum atomic E-state index is -1.32. The monoisotopic (exact) mass is 472 g/mol.